The highest BCUT2D eigenvalue weighted by atomic mass is 127. The van der Waals surface area contributed by atoms with Crippen molar-refractivity contribution in [3.05, 3.63) is 57.7 Å². The van der Waals surface area contributed by atoms with Gasteiger partial charge >= 0.3 is 0 Å². The Bertz CT molecular complexity index is 661. The van der Waals surface area contributed by atoms with Crippen molar-refractivity contribution in [2.24, 2.45) is 0 Å². The van der Waals surface area contributed by atoms with Gasteiger partial charge in [-0.1, -0.05) is 12.1 Å². The molecule has 0 atom stereocenters. The van der Waals surface area contributed by atoms with E-state index in [-0.39, 0.29) is 12.5 Å². The van der Waals surface area contributed by atoms with Gasteiger partial charge in [0.15, 0.2) is 6.61 Å². The smallest absolute Gasteiger partial charge is 0.262 e. The number of anilines is 1. The van der Waals surface area contributed by atoms with Gasteiger partial charge in [0.05, 0.1) is 19.8 Å². The monoisotopic (exact) mass is 455 g/mol. The minimum atomic E-state index is -0.201. The second-order valence-electron chi connectivity index (χ2n) is 5.24. The summed E-state index contributed by atoms with van der Waals surface area (Å²) in [5, 5.41) is 2.83. The summed E-state index contributed by atoms with van der Waals surface area (Å²) in [6, 6.07) is 15.1. The molecule has 25 heavy (non-hydrogen) atoms. The fourth-order valence-corrected chi connectivity index (χ4v) is 2.43. The molecule has 0 saturated carbocycles. The van der Waals surface area contributed by atoms with Gasteiger partial charge in [0.2, 0.25) is 0 Å². The van der Waals surface area contributed by atoms with Gasteiger partial charge in [-0.3, -0.25) is 4.79 Å². The average molecular weight is 455 g/mol. The molecule has 2 rings (SSSR count). The number of nitrogens with one attached hydrogen (secondary N) is 1. The number of ether oxygens (including phenoxy) is 3. The lowest BCUT2D eigenvalue weighted by Gasteiger charge is -2.09. The first-order valence-corrected chi connectivity index (χ1v) is 9.18. The number of hydrogen-bond acceptors (Lipinski definition) is 4. The van der Waals surface area contributed by atoms with E-state index in [2.05, 4.69) is 27.9 Å². The lowest BCUT2D eigenvalue weighted by atomic mass is 10.2. The summed E-state index contributed by atoms with van der Waals surface area (Å²) in [5.74, 6) is 0.472. The second kappa shape index (κ2) is 11.1. The summed E-state index contributed by atoms with van der Waals surface area (Å²) in [6.45, 7) is 4.23. The van der Waals surface area contributed by atoms with Gasteiger partial charge in [-0.15, -0.1) is 0 Å². The van der Waals surface area contributed by atoms with Crippen molar-refractivity contribution >= 4 is 34.2 Å². The van der Waals surface area contributed by atoms with Gasteiger partial charge in [-0.2, -0.15) is 0 Å². The molecule has 0 spiro atoms. The first-order chi connectivity index (χ1) is 12.2. The molecule has 1 N–H and O–H groups in total. The molecule has 0 radical (unpaired) electrons. The van der Waals surface area contributed by atoms with Crippen LogP contribution in [0.4, 0.5) is 5.69 Å². The van der Waals surface area contributed by atoms with Crippen molar-refractivity contribution in [1.29, 1.82) is 0 Å². The minimum Gasteiger partial charge on any atom is -0.484 e. The molecule has 0 unspecified atom stereocenters. The molecular formula is C19H22INO4. The maximum absolute atomic E-state index is 12.0. The van der Waals surface area contributed by atoms with E-state index in [1.165, 1.54) is 0 Å². The second-order valence-corrected chi connectivity index (χ2v) is 6.49. The number of halogens is 1. The van der Waals surface area contributed by atoms with Crippen LogP contribution in [0.15, 0.2) is 48.5 Å². The first-order valence-electron chi connectivity index (χ1n) is 8.10. The molecule has 0 saturated heterocycles. The predicted molar refractivity (Wildman–Crippen MR) is 106 cm³/mol. The Kier molecular flexibility index (Phi) is 8.71. The largest absolute Gasteiger partial charge is 0.484 e. The van der Waals surface area contributed by atoms with E-state index in [1.54, 1.807) is 0 Å². The lowest BCUT2D eigenvalue weighted by Crippen LogP contribution is -2.20. The Balaban J connectivity index is 1.76. The van der Waals surface area contributed by atoms with E-state index in [9.17, 15) is 4.79 Å². The Hall–Kier alpha value is -1.64. The highest BCUT2D eigenvalue weighted by molar-refractivity contribution is 14.1. The van der Waals surface area contributed by atoms with Crippen LogP contribution in [0.25, 0.3) is 0 Å². The normalized spacial score (nSPS) is 10.5. The standard InChI is InChI=1S/C19H22INO4/c1-2-23-10-11-24-13-15-4-3-5-17(12-15)21-19(22)14-25-18-8-6-16(20)7-9-18/h3-9,12H,2,10-11,13-14H2,1H3,(H,21,22). The summed E-state index contributed by atoms with van der Waals surface area (Å²) in [6.07, 6.45) is 0. The molecule has 0 aromatic heterocycles. The summed E-state index contributed by atoms with van der Waals surface area (Å²) in [5.41, 5.74) is 1.72. The first kappa shape index (κ1) is 19.7. The number of rotatable bonds is 10. The van der Waals surface area contributed by atoms with Crippen molar-refractivity contribution in [3.63, 3.8) is 0 Å². The highest BCUT2D eigenvalue weighted by Gasteiger charge is 2.05. The molecule has 0 fully saturated rings. The van der Waals surface area contributed by atoms with E-state index in [1.807, 2.05) is 55.5 Å². The van der Waals surface area contributed by atoms with Crippen molar-refractivity contribution in [2.45, 2.75) is 13.5 Å². The topological polar surface area (TPSA) is 56.8 Å². The third-order valence-corrected chi connectivity index (χ3v) is 3.96. The van der Waals surface area contributed by atoms with Crippen molar-refractivity contribution in [2.75, 3.05) is 31.7 Å². The van der Waals surface area contributed by atoms with Gasteiger partial charge < -0.3 is 19.5 Å². The van der Waals surface area contributed by atoms with Crippen LogP contribution in [-0.4, -0.2) is 32.3 Å². The number of amides is 1. The Morgan fingerprint density at radius 3 is 2.60 bits per heavy atom. The van der Waals surface area contributed by atoms with Crippen molar-refractivity contribution in [1.82, 2.24) is 0 Å². The number of carbonyl (C=O) groups excluding carboxylic acids is 1. The zero-order chi connectivity index (χ0) is 17.9. The lowest BCUT2D eigenvalue weighted by molar-refractivity contribution is -0.118. The summed E-state index contributed by atoms with van der Waals surface area (Å²) in [7, 11) is 0. The van der Waals surface area contributed by atoms with Gasteiger partial charge in [0.1, 0.15) is 5.75 Å². The van der Waals surface area contributed by atoms with Gasteiger partial charge in [-0.25, -0.2) is 0 Å². The Labute approximate surface area is 161 Å². The molecule has 0 aliphatic carbocycles. The van der Waals surface area contributed by atoms with Crippen LogP contribution in [0.3, 0.4) is 0 Å². The van der Waals surface area contributed by atoms with Crippen molar-refractivity contribution < 1.29 is 19.0 Å². The van der Waals surface area contributed by atoms with Crippen molar-refractivity contribution in [3.8, 4) is 5.75 Å². The van der Waals surface area contributed by atoms with Crippen LogP contribution >= 0.6 is 22.6 Å². The highest BCUT2D eigenvalue weighted by Crippen LogP contribution is 2.14. The van der Waals surface area contributed by atoms with E-state index in [4.69, 9.17) is 14.2 Å². The van der Waals surface area contributed by atoms with Crippen LogP contribution in [-0.2, 0) is 20.9 Å². The van der Waals surface area contributed by atoms with E-state index in [0.29, 0.717) is 32.2 Å². The molecule has 0 aliphatic rings. The number of benzene rings is 2. The van der Waals surface area contributed by atoms with E-state index < -0.39 is 0 Å². The van der Waals surface area contributed by atoms with Crippen LogP contribution < -0.4 is 10.1 Å². The molecule has 134 valence electrons. The zero-order valence-corrected chi connectivity index (χ0v) is 16.3. The van der Waals surface area contributed by atoms with Crippen LogP contribution in [0, 0.1) is 3.57 Å². The van der Waals surface area contributed by atoms with Gasteiger partial charge in [0.25, 0.3) is 5.91 Å². The molecule has 6 heteroatoms. The molecule has 2 aromatic carbocycles. The molecule has 5 nitrogen and oxygen atoms in total. The van der Waals surface area contributed by atoms with E-state index >= 15 is 0 Å². The third-order valence-electron chi connectivity index (χ3n) is 3.24. The Morgan fingerprint density at radius 2 is 1.84 bits per heavy atom. The Morgan fingerprint density at radius 1 is 1.08 bits per heavy atom. The third kappa shape index (κ3) is 7.85. The summed E-state index contributed by atoms with van der Waals surface area (Å²) < 4.78 is 17.3. The molecule has 2 aromatic rings. The molecule has 0 bridgehead atoms. The summed E-state index contributed by atoms with van der Waals surface area (Å²) in [4.78, 5) is 12.0. The molecular weight excluding hydrogens is 433 g/mol. The average Bonchev–Trinajstić information content (AvgIpc) is 2.61. The fraction of sp³-hybridized carbons (Fsp3) is 0.316. The van der Waals surface area contributed by atoms with Crippen LogP contribution in [0.2, 0.25) is 0 Å². The van der Waals surface area contributed by atoms with Gasteiger partial charge in [-0.05, 0) is 71.5 Å². The zero-order valence-electron chi connectivity index (χ0n) is 14.2. The van der Waals surface area contributed by atoms with Crippen LogP contribution in [0.1, 0.15) is 12.5 Å². The fourth-order valence-electron chi connectivity index (χ4n) is 2.07. The quantitative estimate of drug-likeness (QED) is 0.437. The molecule has 0 heterocycles. The minimum absolute atomic E-state index is 0.0321. The van der Waals surface area contributed by atoms with Crippen LogP contribution in [0.5, 0.6) is 5.75 Å². The SMILES string of the molecule is CCOCCOCc1cccc(NC(=O)COc2ccc(I)cc2)c1. The predicted octanol–water partition coefficient (Wildman–Crippen LogP) is 3.86. The van der Waals surface area contributed by atoms with E-state index in [0.717, 1.165) is 14.8 Å². The summed E-state index contributed by atoms with van der Waals surface area (Å²) >= 11 is 2.22. The molecule has 1 amide bonds. The number of hydrogen-bond donors (Lipinski definition) is 1. The maximum Gasteiger partial charge on any atom is 0.262 e. The molecule has 0 aliphatic heterocycles. The maximum atomic E-state index is 12.0. The number of carbonyl (C=O) groups is 1. The van der Waals surface area contributed by atoms with Gasteiger partial charge in [0, 0.05) is 15.9 Å².